The first-order valence-electron chi connectivity index (χ1n) is 6.83. The van der Waals surface area contributed by atoms with Crippen molar-refractivity contribution >= 4 is 28.1 Å². The fourth-order valence-corrected chi connectivity index (χ4v) is 2.76. The molecule has 0 unspecified atom stereocenters. The Balaban J connectivity index is 1.87. The van der Waals surface area contributed by atoms with Gasteiger partial charge in [0.15, 0.2) is 6.61 Å². The van der Waals surface area contributed by atoms with Crippen LogP contribution in [0.3, 0.4) is 0 Å². The van der Waals surface area contributed by atoms with Crippen LogP contribution in [0.2, 0.25) is 0 Å². The molecule has 114 valence electrons. The molecule has 0 saturated carbocycles. The van der Waals surface area contributed by atoms with Gasteiger partial charge in [-0.25, -0.2) is 5.43 Å². The summed E-state index contributed by atoms with van der Waals surface area (Å²) in [6.45, 7) is 3.86. The van der Waals surface area contributed by atoms with Gasteiger partial charge in [-0.2, -0.15) is 5.10 Å². The van der Waals surface area contributed by atoms with Crippen LogP contribution in [0, 0.1) is 13.8 Å². The van der Waals surface area contributed by atoms with E-state index in [1.165, 1.54) is 0 Å². The minimum Gasteiger partial charge on any atom is -0.482 e. The number of halogens is 1. The van der Waals surface area contributed by atoms with E-state index in [2.05, 4.69) is 26.5 Å². The lowest BCUT2D eigenvalue weighted by atomic mass is 10.1. The first-order chi connectivity index (χ1) is 10.6. The quantitative estimate of drug-likeness (QED) is 0.654. The highest BCUT2D eigenvalue weighted by molar-refractivity contribution is 9.10. The minimum atomic E-state index is -0.306. The van der Waals surface area contributed by atoms with Crippen molar-refractivity contribution in [1.82, 2.24) is 5.43 Å². The number of benzene rings is 2. The van der Waals surface area contributed by atoms with Crippen molar-refractivity contribution in [2.75, 3.05) is 6.61 Å². The number of aryl methyl sites for hydroxylation is 2. The fraction of sp³-hybridized carbons (Fsp3) is 0.176. The van der Waals surface area contributed by atoms with Gasteiger partial charge in [0.1, 0.15) is 5.75 Å². The summed E-state index contributed by atoms with van der Waals surface area (Å²) in [5.41, 5.74) is 5.47. The molecular formula is C17H17BrN2O2. The monoisotopic (exact) mass is 360 g/mol. The number of hydrazone groups is 1. The van der Waals surface area contributed by atoms with Gasteiger partial charge in [-0.15, -0.1) is 0 Å². The molecule has 0 fully saturated rings. The number of carbonyl (C=O) groups excluding carboxylic acids is 1. The van der Waals surface area contributed by atoms with Crippen LogP contribution in [-0.4, -0.2) is 18.7 Å². The van der Waals surface area contributed by atoms with Gasteiger partial charge >= 0.3 is 0 Å². The number of hydrogen-bond donors (Lipinski definition) is 1. The van der Waals surface area contributed by atoms with E-state index in [1.807, 2.05) is 56.3 Å². The molecule has 0 saturated heterocycles. The largest absolute Gasteiger partial charge is 0.482 e. The van der Waals surface area contributed by atoms with Crippen molar-refractivity contribution in [2.45, 2.75) is 13.8 Å². The molecule has 5 heteroatoms. The molecule has 0 aromatic heterocycles. The summed E-state index contributed by atoms with van der Waals surface area (Å²) < 4.78 is 6.39. The summed E-state index contributed by atoms with van der Waals surface area (Å²) in [7, 11) is 0. The molecule has 1 amide bonds. The third-order valence-electron chi connectivity index (χ3n) is 2.92. The van der Waals surface area contributed by atoms with Gasteiger partial charge in [0, 0.05) is 0 Å². The maximum atomic E-state index is 11.7. The normalized spacial score (nSPS) is 10.7. The number of carbonyl (C=O) groups is 1. The number of nitrogens with zero attached hydrogens (tertiary/aromatic N) is 1. The van der Waals surface area contributed by atoms with Crippen LogP contribution in [0.5, 0.6) is 5.75 Å². The molecule has 0 aliphatic carbocycles. The average Bonchev–Trinajstić information content (AvgIpc) is 2.47. The van der Waals surface area contributed by atoms with Crippen LogP contribution in [-0.2, 0) is 4.79 Å². The molecule has 2 aromatic carbocycles. The molecule has 0 heterocycles. The Kier molecular flexibility index (Phi) is 5.72. The predicted octanol–water partition coefficient (Wildman–Crippen LogP) is 3.60. The third kappa shape index (κ3) is 4.70. The third-order valence-corrected chi connectivity index (χ3v) is 3.51. The lowest BCUT2D eigenvalue weighted by Gasteiger charge is -2.11. The van der Waals surface area contributed by atoms with Crippen molar-refractivity contribution in [3.05, 3.63) is 63.6 Å². The zero-order chi connectivity index (χ0) is 15.9. The predicted molar refractivity (Wildman–Crippen MR) is 91.3 cm³/mol. The Bertz CT molecular complexity index is 661. The van der Waals surface area contributed by atoms with Gasteiger partial charge in [0.05, 0.1) is 10.7 Å². The van der Waals surface area contributed by atoms with Crippen molar-refractivity contribution in [3.63, 3.8) is 0 Å². The van der Waals surface area contributed by atoms with E-state index in [1.54, 1.807) is 6.21 Å². The highest BCUT2D eigenvalue weighted by atomic mass is 79.9. The smallest absolute Gasteiger partial charge is 0.277 e. The van der Waals surface area contributed by atoms with Crippen molar-refractivity contribution in [1.29, 1.82) is 0 Å². The molecule has 0 bridgehead atoms. The maximum absolute atomic E-state index is 11.7. The van der Waals surface area contributed by atoms with Crippen molar-refractivity contribution in [3.8, 4) is 5.75 Å². The Labute approximate surface area is 138 Å². The van der Waals surface area contributed by atoms with E-state index < -0.39 is 0 Å². The van der Waals surface area contributed by atoms with Gasteiger partial charge in [-0.1, -0.05) is 36.4 Å². The summed E-state index contributed by atoms with van der Waals surface area (Å²) >= 11 is 3.44. The molecule has 0 atom stereocenters. The van der Waals surface area contributed by atoms with Crippen LogP contribution >= 0.6 is 15.9 Å². The van der Waals surface area contributed by atoms with Gasteiger partial charge in [0.2, 0.25) is 0 Å². The molecule has 22 heavy (non-hydrogen) atoms. The lowest BCUT2D eigenvalue weighted by molar-refractivity contribution is -0.123. The van der Waals surface area contributed by atoms with Crippen LogP contribution in [0.1, 0.15) is 16.7 Å². The molecule has 0 aliphatic heterocycles. The highest BCUT2D eigenvalue weighted by Gasteiger charge is 2.08. The molecule has 2 aromatic rings. The summed E-state index contributed by atoms with van der Waals surface area (Å²) in [6.07, 6.45) is 1.59. The van der Waals surface area contributed by atoms with E-state index in [0.29, 0.717) is 5.75 Å². The average molecular weight is 361 g/mol. The zero-order valence-corrected chi connectivity index (χ0v) is 14.1. The first kappa shape index (κ1) is 16.2. The standard InChI is InChI=1S/C17H17BrN2O2/c1-12-8-13(2)17(15(18)9-12)22-11-16(21)20-19-10-14-6-4-3-5-7-14/h3-10H,11H2,1-2H3,(H,20,21)/b19-10+. The second-order valence-electron chi connectivity index (χ2n) is 4.89. The maximum Gasteiger partial charge on any atom is 0.277 e. The van der Waals surface area contributed by atoms with E-state index >= 15 is 0 Å². The number of ether oxygens (including phenoxy) is 1. The van der Waals surface area contributed by atoms with Crippen LogP contribution in [0.25, 0.3) is 0 Å². The molecule has 0 aliphatic rings. The van der Waals surface area contributed by atoms with E-state index in [-0.39, 0.29) is 12.5 Å². The highest BCUT2D eigenvalue weighted by Crippen LogP contribution is 2.29. The van der Waals surface area contributed by atoms with Gasteiger partial charge in [-0.05, 0) is 52.5 Å². The van der Waals surface area contributed by atoms with Crippen LogP contribution in [0.15, 0.2) is 52.0 Å². The molecule has 0 spiro atoms. The van der Waals surface area contributed by atoms with E-state index in [9.17, 15) is 4.79 Å². The molecule has 1 N–H and O–H groups in total. The number of amides is 1. The summed E-state index contributed by atoms with van der Waals surface area (Å²) in [5.74, 6) is 0.367. The van der Waals surface area contributed by atoms with Gasteiger partial charge in [-0.3, -0.25) is 4.79 Å². The fourth-order valence-electron chi connectivity index (χ4n) is 1.97. The second-order valence-corrected chi connectivity index (χ2v) is 5.74. The van der Waals surface area contributed by atoms with Gasteiger partial charge < -0.3 is 4.74 Å². The molecule has 2 rings (SSSR count). The number of hydrogen-bond acceptors (Lipinski definition) is 3. The van der Waals surface area contributed by atoms with E-state index in [0.717, 1.165) is 21.2 Å². The number of nitrogens with one attached hydrogen (secondary N) is 1. The molecular weight excluding hydrogens is 344 g/mol. The summed E-state index contributed by atoms with van der Waals surface area (Å²) in [4.78, 5) is 11.7. The Morgan fingerprint density at radius 3 is 2.68 bits per heavy atom. The number of rotatable bonds is 5. The van der Waals surface area contributed by atoms with Crippen molar-refractivity contribution in [2.24, 2.45) is 5.10 Å². The SMILES string of the molecule is Cc1cc(C)c(OCC(=O)N/N=C/c2ccccc2)c(Br)c1. The Hall–Kier alpha value is -2.14. The first-order valence-corrected chi connectivity index (χ1v) is 7.62. The second kappa shape index (κ2) is 7.75. The molecule has 4 nitrogen and oxygen atoms in total. The molecule has 0 radical (unpaired) electrons. The van der Waals surface area contributed by atoms with Crippen molar-refractivity contribution < 1.29 is 9.53 Å². The summed E-state index contributed by atoms with van der Waals surface area (Å²) in [5, 5.41) is 3.90. The topological polar surface area (TPSA) is 50.7 Å². The zero-order valence-electron chi connectivity index (χ0n) is 12.5. The lowest BCUT2D eigenvalue weighted by Crippen LogP contribution is -2.24. The van der Waals surface area contributed by atoms with Gasteiger partial charge in [0.25, 0.3) is 5.91 Å². The minimum absolute atomic E-state index is 0.0887. The van der Waals surface area contributed by atoms with Crippen LogP contribution in [0.4, 0.5) is 0 Å². The van der Waals surface area contributed by atoms with E-state index in [4.69, 9.17) is 4.74 Å². The summed E-state index contributed by atoms with van der Waals surface area (Å²) in [6, 6.07) is 13.5. The Morgan fingerprint density at radius 2 is 2.00 bits per heavy atom. The Morgan fingerprint density at radius 1 is 1.27 bits per heavy atom. The van der Waals surface area contributed by atoms with Crippen LogP contribution < -0.4 is 10.2 Å².